The SMILES string of the molecule is CC(C)(C)NC(=O)OC(CO)C1CCC(F)(F)CC1. The molecule has 1 rings (SSSR count). The van der Waals surface area contributed by atoms with Gasteiger partial charge in [-0.2, -0.15) is 0 Å². The second kappa shape index (κ2) is 6.03. The van der Waals surface area contributed by atoms with Gasteiger partial charge in [0.1, 0.15) is 6.10 Å². The highest BCUT2D eigenvalue weighted by Gasteiger charge is 2.38. The Morgan fingerprint density at radius 2 is 1.95 bits per heavy atom. The Kier molecular flexibility index (Phi) is 5.12. The highest BCUT2D eigenvalue weighted by atomic mass is 19.3. The number of hydrogen-bond acceptors (Lipinski definition) is 3. The van der Waals surface area contributed by atoms with Gasteiger partial charge in [0.25, 0.3) is 0 Å². The van der Waals surface area contributed by atoms with Crippen molar-refractivity contribution in [2.75, 3.05) is 6.61 Å². The van der Waals surface area contributed by atoms with Gasteiger partial charge in [-0.15, -0.1) is 0 Å². The number of halogens is 2. The van der Waals surface area contributed by atoms with Crippen molar-refractivity contribution in [3.63, 3.8) is 0 Å². The number of nitrogens with one attached hydrogen (secondary N) is 1. The molecular weight excluding hydrogens is 256 g/mol. The summed E-state index contributed by atoms with van der Waals surface area (Å²) < 4.78 is 31.2. The summed E-state index contributed by atoms with van der Waals surface area (Å²) in [6.07, 6.45) is -1.22. The van der Waals surface area contributed by atoms with Gasteiger partial charge in [-0.25, -0.2) is 13.6 Å². The van der Waals surface area contributed by atoms with Gasteiger partial charge in [-0.05, 0) is 39.5 Å². The molecule has 0 heterocycles. The lowest BCUT2D eigenvalue weighted by Gasteiger charge is -2.33. The third kappa shape index (κ3) is 5.72. The molecule has 0 radical (unpaired) electrons. The van der Waals surface area contributed by atoms with Crippen molar-refractivity contribution in [3.8, 4) is 0 Å². The Morgan fingerprint density at radius 3 is 2.37 bits per heavy atom. The number of aliphatic hydroxyl groups excluding tert-OH is 1. The summed E-state index contributed by atoms with van der Waals surface area (Å²) in [5, 5.41) is 11.9. The Bertz CT molecular complexity index is 306. The quantitative estimate of drug-likeness (QED) is 0.835. The number of hydrogen-bond donors (Lipinski definition) is 2. The molecule has 2 N–H and O–H groups in total. The largest absolute Gasteiger partial charge is 0.443 e. The first-order chi connectivity index (χ1) is 8.63. The first-order valence-corrected chi connectivity index (χ1v) is 6.60. The van der Waals surface area contributed by atoms with Crippen LogP contribution in [0, 0.1) is 5.92 Å². The predicted octanol–water partition coefficient (Wildman–Crippen LogP) is 2.70. The van der Waals surface area contributed by atoms with Crippen molar-refractivity contribution >= 4 is 6.09 Å². The van der Waals surface area contributed by atoms with Crippen molar-refractivity contribution in [1.82, 2.24) is 5.32 Å². The molecule has 1 unspecified atom stereocenters. The molecule has 1 saturated carbocycles. The van der Waals surface area contributed by atoms with E-state index in [0.29, 0.717) is 0 Å². The lowest BCUT2D eigenvalue weighted by molar-refractivity contribution is -0.0708. The summed E-state index contributed by atoms with van der Waals surface area (Å²) in [6, 6.07) is 0. The van der Waals surface area contributed by atoms with Crippen molar-refractivity contribution in [3.05, 3.63) is 0 Å². The Hall–Kier alpha value is -0.910. The van der Waals surface area contributed by atoms with Gasteiger partial charge in [0, 0.05) is 18.4 Å². The van der Waals surface area contributed by atoms with Crippen LogP contribution in [0.15, 0.2) is 0 Å². The maximum atomic E-state index is 13.0. The molecule has 112 valence electrons. The van der Waals surface area contributed by atoms with Crippen LogP contribution in [0.2, 0.25) is 0 Å². The Morgan fingerprint density at radius 1 is 1.42 bits per heavy atom. The van der Waals surface area contributed by atoms with Gasteiger partial charge in [0.15, 0.2) is 0 Å². The van der Waals surface area contributed by atoms with Crippen molar-refractivity contribution in [2.45, 2.75) is 64.0 Å². The van der Waals surface area contributed by atoms with Crippen molar-refractivity contribution in [1.29, 1.82) is 0 Å². The molecule has 1 atom stereocenters. The number of rotatable bonds is 3. The van der Waals surface area contributed by atoms with Crippen LogP contribution in [0.1, 0.15) is 46.5 Å². The second-order valence-electron chi connectivity index (χ2n) is 6.19. The van der Waals surface area contributed by atoms with E-state index in [1.807, 2.05) is 20.8 Å². The fraction of sp³-hybridized carbons (Fsp3) is 0.923. The van der Waals surface area contributed by atoms with Crippen LogP contribution in [0.25, 0.3) is 0 Å². The third-order valence-electron chi connectivity index (χ3n) is 3.20. The molecule has 1 aliphatic rings. The monoisotopic (exact) mass is 279 g/mol. The first-order valence-electron chi connectivity index (χ1n) is 6.60. The van der Waals surface area contributed by atoms with Crippen LogP contribution in [0.5, 0.6) is 0 Å². The smallest absolute Gasteiger partial charge is 0.407 e. The first kappa shape index (κ1) is 16.1. The number of carbonyl (C=O) groups excluding carboxylic acids is 1. The van der Waals surface area contributed by atoms with E-state index in [1.54, 1.807) is 0 Å². The maximum Gasteiger partial charge on any atom is 0.407 e. The van der Waals surface area contributed by atoms with Crippen LogP contribution in [0.3, 0.4) is 0 Å². The predicted molar refractivity (Wildman–Crippen MR) is 67.1 cm³/mol. The molecule has 0 aromatic carbocycles. The molecule has 0 aromatic heterocycles. The van der Waals surface area contributed by atoms with Crippen LogP contribution in [-0.4, -0.2) is 35.4 Å². The fourth-order valence-corrected chi connectivity index (χ4v) is 2.19. The van der Waals surface area contributed by atoms with E-state index in [9.17, 15) is 18.7 Å². The molecule has 0 saturated heterocycles. The summed E-state index contributed by atoms with van der Waals surface area (Å²) in [6.45, 7) is 5.09. The van der Waals surface area contributed by atoms with Gasteiger partial charge < -0.3 is 15.2 Å². The highest BCUT2D eigenvalue weighted by Crippen LogP contribution is 2.38. The summed E-state index contributed by atoms with van der Waals surface area (Å²) in [4.78, 5) is 11.6. The summed E-state index contributed by atoms with van der Waals surface area (Å²) in [5.74, 6) is -2.82. The molecular formula is C13H23F2NO3. The summed E-state index contributed by atoms with van der Waals surface area (Å²) in [7, 11) is 0. The van der Waals surface area contributed by atoms with E-state index in [1.165, 1.54) is 0 Å². The van der Waals surface area contributed by atoms with Crippen molar-refractivity contribution < 1.29 is 23.4 Å². The van der Waals surface area contributed by atoms with Gasteiger partial charge in [0.2, 0.25) is 5.92 Å². The second-order valence-corrected chi connectivity index (χ2v) is 6.19. The van der Waals surface area contributed by atoms with E-state index in [2.05, 4.69) is 5.32 Å². The van der Waals surface area contributed by atoms with Gasteiger partial charge in [0.05, 0.1) is 6.61 Å². The van der Waals surface area contributed by atoms with E-state index in [0.717, 1.165) is 0 Å². The normalized spacial score (nSPS) is 21.8. The maximum absolute atomic E-state index is 13.0. The molecule has 1 amide bonds. The number of ether oxygens (including phenoxy) is 1. The topological polar surface area (TPSA) is 58.6 Å². The van der Waals surface area contributed by atoms with Gasteiger partial charge in [-0.3, -0.25) is 0 Å². The summed E-state index contributed by atoms with van der Waals surface area (Å²) >= 11 is 0. The number of aliphatic hydroxyl groups is 1. The number of amides is 1. The molecule has 0 bridgehead atoms. The Labute approximate surface area is 112 Å². The standard InChI is InChI=1S/C13H23F2NO3/c1-12(2,3)16-11(18)19-10(8-17)9-4-6-13(14,15)7-5-9/h9-10,17H,4-8H2,1-3H3,(H,16,18). The molecule has 19 heavy (non-hydrogen) atoms. The zero-order chi connectivity index (χ0) is 14.7. The van der Waals surface area contributed by atoms with Crippen LogP contribution in [0.4, 0.5) is 13.6 Å². The minimum absolute atomic E-state index is 0.199. The number of carbonyl (C=O) groups is 1. The number of alkyl carbamates (subject to hydrolysis) is 1. The zero-order valence-corrected chi connectivity index (χ0v) is 11.7. The third-order valence-corrected chi connectivity index (χ3v) is 3.20. The minimum Gasteiger partial charge on any atom is -0.443 e. The van der Waals surface area contributed by atoms with Crippen LogP contribution >= 0.6 is 0 Å². The molecule has 6 heteroatoms. The van der Waals surface area contributed by atoms with Gasteiger partial charge >= 0.3 is 6.09 Å². The average molecular weight is 279 g/mol. The van der Waals surface area contributed by atoms with E-state index in [4.69, 9.17) is 4.74 Å². The van der Waals surface area contributed by atoms with Crippen LogP contribution < -0.4 is 5.32 Å². The zero-order valence-electron chi connectivity index (χ0n) is 11.7. The lowest BCUT2D eigenvalue weighted by Crippen LogP contribution is -2.44. The van der Waals surface area contributed by atoms with Crippen molar-refractivity contribution in [2.24, 2.45) is 5.92 Å². The molecule has 0 aromatic rings. The fourth-order valence-electron chi connectivity index (χ4n) is 2.19. The molecule has 0 aliphatic heterocycles. The van der Waals surface area contributed by atoms with E-state index < -0.39 is 23.7 Å². The van der Waals surface area contributed by atoms with Gasteiger partial charge in [-0.1, -0.05) is 0 Å². The Balaban J connectivity index is 2.48. The minimum atomic E-state index is -2.62. The molecule has 0 spiro atoms. The number of alkyl halides is 2. The van der Waals surface area contributed by atoms with E-state index >= 15 is 0 Å². The molecule has 4 nitrogen and oxygen atoms in total. The van der Waals surface area contributed by atoms with E-state index in [-0.39, 0.29) is 38.2 Å². The lowest BCUT2D eigenvalue weighted by atomic mass is 9.83. The van der Waals surface area contributed by atoms with Crippen LogP contribution in [-0.2, 0) is 4.74 Å². The highest BCUT2D eigenvalue weighted by molar-refractivity contribution is 5.68. The molecule has 1 aliphatic carbocycles. The molecule has 1 fully saturated rings. The summed E-state index contributed by atoms with van der Waals surface area (Å²) in [5.41, 5.74) is -0.434. The average Bonchev–Trinajstić information content (AvgIpc) is 2.24.